The number of benzene rings is 1. The molecule has 1 aromatic heterocycles. The number of carbonyl (C=O) groups is 1. The molecule has 0 bridgehead atoms. The van der Waals surface area contributed by atoms with Crippen molar-refractivity contribution in [2.75, 3.05) is 24.5 Å². The molecule has 1 saturated carbocycles. The molecule has 1 amide bonds. The molecule has 0 spiro atoms. The molecule has 0 unspecified atom stereocenters. The van der Waals surface area contributed by atoms with Crippen LogP contribution in [0.15, 0.2) is 30.3 Å². The number of aromatic nitrogens is 2. The maximum absolute atomic E-state index is 13.2. The van der Waals surface area contributed by atoms with Crippen molar-refractivity contribution in [3.63, 3.8) is 0 Å². The summed E-state index contributed by atoms with van der Waals surface area (Å²) in [5.41, 5.74) is 3.63. The van der Waals surface area contributed by atoms with E-state index in [2.05, 4.69) is 34.1 Å². The summed E-state index contributed by atoms with van der Waals surface area (Å²) in [6.45, 7) is 5.56. The molecule has 2 aliphatic heterocycles. The van der Waals surface area contributed by atoms with Gasteiger partial charge in [-0.25, -0.2) is 9.97 Å². The van der Waals surface area contributed by atoms with E-state index in [1.54, 1.807) is 0 Å². The van der Waals surface area contributed by atoms with Crippen LogP contribution in [-0.4, -0.2) is 40.4 Å². The highest BCUT2D eigenvalue weighted by molar-refractivity contribution is 5.83. The quantitative estimate of drug-likeness (QED) is 0.823. The smallest absolute Gasteiger partial charge is 0.226 e. The fourth-order valence-corrected chi connectivity index (χ4v) is 4.84. The van der Waals surface area contributed by atoms with Crippen LogP contribution in [0.5, 0.6) is 0 Å². The lowest BCUT2D eigenvalue weighted by Crippen LogP contribution is -2.40. The molecule has 2 atom stereocenters. The number of aryl methyl sites for hydroxylation is 1. The zero-order valence-electron chi connectivity index (χ0n) is 16.6. The Kier molecular flexibility index (Phi) is 4.53. The molecule has 0 N–H and O–H groups in total. The van der Waals surface area contributed by atoms with E-state index < -0.39 is 0 Å². The van der Waals surface area contributed by atoms with Gasteiger partial charge < -0.3 is 9.80 Å². The molecule has 28 heavy (non-hydrogen) atoms. The fraction of sp³-hybridized carbons (Fsp3) is 0.522. The molecule has 1 aliphatic carbocycles. The molecule has 5 rings (SSSR count). The number of carbonyl (C=O) groups excluding carboxylic acids is 1. The number of piperidine rings is 1. The molecule has 2 fully saturated rings. The second-order valence-corrected chi connectivity index (χ2v) is 8.44. The van der Waals surface area contributed by atoms with Crippen LogP contribution >= 0.6 is 0 Å². The van der Waals surface area contributed by atoms with Crippen molar-refractivity contribution in [3.05, 3.63) is 53.0 Å². The van der Waals surface area contributed by atoms with Crippen molar-refractivity contribution in [1.82, 2.24) is 14.9 Å². The monoisotopic (exact) mass is 376 g/mol. The molecule has 3 heterocycles. The Hall–Kier alpha value is -2.43. The van der Waals surface area contributed by atoms with Gasteiger partial charge in [-0.15, -0.1) is 0 Å². The molecule has 1 aromatic carbocycles. The van der Waals surface area contributed by atoms with Crippen molar-refractivity contribution in [2.45, 2.75) is 51.5 Å². The van der Waals surface area contributed by atoms with Crippen molar-refractivity contribution in [1.29, 1.82) is 0 Å². The number of hydrogen-bond donors (Lipinski definition) is 0. The maximum atomic E-state index is 13.2. The van der Waals surface area contributed by atoms with Gasteiger partial charge in [0.15, 0.2) is 0 Å². The second kappa shape index (κ2) is 7.19. The predicted octanol–water partition coefficient (Wildman–Crippen LogP) is 3.46. The van der Waals surface area contributed by atoms with E-state index in [0.717, 1.165) is 49.8 Å². The maximum Gasteiger partial charge on any atom is 0.226 e. The SMILES string of the molecule is Cc1nc2c(c(N3CCCCC3)n1)CN(C(=O)[C@@H]1C[C@H]1c1ccccc1)CC2. The van der Waals surface area contributed by atoms with Crippen molar-refractivity contribution < 1.29 is 4.79 Å². The van der Waals surface area contributed by atoms with Gasteiger partial charge in [-0.2, -0.15) is 0 Å². The molecule has 1 saturated heterocycles. The van der Waals surface area contributed by atoms with Gasteiger partial charge in [0.25, 0.3) is 0 Å². The van der Waals surface area contributed by atoms with E-state index in [9.17, 15) is 4.79 Å². The first kappa shape index (κ1) is 17.7. The van der Waals surface area contributed by atoms with Crippen LogP contribution in [0.1, 0.15) is 54.2 Å². The van der Waals surface area contributed by atoms with Crippen molar-refractivity contribution >= 4 is 11.7 Å². The van der Waals surface area contributed by atoms with Gasteiger partial charge >= 0.3 is 0 Å². The van der Waals surface area contributed by atoms with Crippen LogP contribution < -0.4 is 4.90 Å². The van der Waals surface area contributed by atoms with Crippen LogP contribution in [0.25, 0.3) is 0 Å². The van der Waals surface area contributed by atoms with Gasteiger partial charge in [-0.3, -0.25) is 4.79 Å². The van der Waals surface area contributed by atoms with Gasteiger partial charge in [-0.1, -0.05) is 30.3 Å². The van der Waals surface area contributed by atoms with Gasteiger partial charge in [0, 0.05) is 37.5 Å². The first-order valence-corrected chi connectivity index (χ1v) is 10.7. The summed E-state index contributed by atoms with van der Waals surface area (Å²) >= 11 is 0. The lowest BCUT2D eigenvalue weighted by Gasteiger charge is -2.34. The fourth-order valence-electron chi connectivity index (χ4n) is 4.84. The highest BCUT2D eigenvalue weighted by Crippen LogP contribution is 2.48. The molecule has 3 aliphatic rings. The topological polar surface area (TPSA) is 49.3 Å². The first-order chi connectivity index (χ1) is 13.7. The van der Waals surface area contributed by atoms with E-state index in [-0.39, 0.29) is 5.92 Å². The Bertz CT molecular complexity index is 876. The normalized spacial score (nSPS) is 24.0. The molecule has 5 heteroatoms. The van der Waals surface area contributed by atoms with Crippen LogP contribution in [0.4, 0.5) is 5.82 Å². The molecular formula is C23H28N4O. The summed E-state index contributed by atoms with van der Waals surface area (Å²) in [5, 5.41) is 0. The molecule has 146 valence electrons. The average molecular weight is 377 g/mol. The third kappa shape index (κ3) is 3.27. The Morgan fingerprint density at radius 1 is 1.04 bits per heavy atom. The number of amides is 1. The zero-order chi connectivity index (χ0) is 19.1. The molecule has 0 radical (unpaired) electrons. The van der Waals surface area contributed by atoms with Gasteiger partial charge in [0.05, 0.1) is 12.2 Å². The summed E-state index contributed by atoms with van der Waals surface area (Å²) in [6, 6.07) is 10.5. The van der Waals surface area contributed by atoms with Gasteiger partial charge in [0.2, 0.25) is 5.91 Å². The van der Waals surface area contributed by atoms with Crippen molar-refractivity contribution in [3.8, 4) is 0 Å². The van der Waals surface area contributed by atoms with E-state index in [1.165, 1.54) is 30.4 Å². The largest absolute Gasteiger partial charge is 0.356 e. The molecule has 5 nitrogen and oxygen atoms in total. The number of nitrogens with zero attached hydrogens (tertiary/aromatic N) is 4. The van der Waals surface area contributed by atoms with Gasteiger partial charge in [-0.05, 0) is 44.1 Å². The third-order valence-corrected chi connectivity index (χ3v) is 6.45. The minimum absolute atomic E-state index is 0.147. The minimum Gasteiger partial charge on any atom is -0.356 e. The lowest BCUT2D eigenvalue weighted by atomic mass is 10.0. The van der Waals surface area contributed by atoms with Gasteiger partial charge in [0.1, 0.15) is 11.6 Å². The highest BCUT2D eigenvalue weighted by atomic mass is 16.2. The summed E-state index contributed by atoms with van der Waals surface area (Å²) in [5.74, 6) is 2.78. The summed E-state index contributed by atoms with van der Waals surface area (Å²) < 4.78 is 0. The Balaban J connectivity index is 1.35. The number of fused-ring (bicyclic) bond motifs is 1. The predicted molar refractivity (Wildman–Crippen MR) is 109 cm³/mol. The summed E-state index contributed by atoms with van der Waals surface area (Å²) in [6.07, 6.45) is 5.57. The van der Waals surface area contributed by atoms with Crippen LogP contribution in [0, 0.1) is 12.8 Å². The van der Waals surface area contributed by atoms with E-state index in [4.69, 9.17) is 9.97 Å². The Morgan fingerprint density at radius 3 is 2.61 bits per heavy atom. The van der Waals surface area contributed by atoms with E-state index >= 15 is 0 Å². The summed E-state index contributed by atoms with van der Waals surface area (Å²) in [7, 11) is 0. The highest BCUT2D eigenvalue weighted by Gasteiger charge is 2.46. The average Bonchev–Trinajstić information content (AvgIpc) is 3.54. The number of hydrogen-bond acceptors (Lipinski definition) is 4. The van der Waals surface area contributed by atoms with Crippen LogP contribution in [0.2, 0.25) is 0 Å². The molecular weight excluding hydrogens is 348 g/mol. The van der Waals surface area contributed by atoms with Crippen molar-refractivity contribution in [2.24, 2.45) is 5.92 Å². The Morgan fingerprint density at radius 2 is 1.82 bits per heavy atom. The third-order valence-electron chi connectivity index (χ3n) is 6.45. The minimum atomic E-state index is 0.147. The second-order valence-electron chi connectivity index (χ2n) is 8.44. The number of rotatable bonds is 3. The van der Waals surface area contributed by atoms with Crippen LogP contribution in [0.3, 0.4) is 0 Å². The van der Waals surface area contributed by atoms with E-state index in [0.29, 0.717) is 18.4 Å². The number of anilines is 1. The standard InChI is InChI=1S/C23H28N4O/c1-16-24-21-10-13-27(15-20(21)22(25-16)26-11-6-3-7-12-26)23(28)19-14-18(19)17-8-4-2-5-9-17/h2,4-5,8-9,18-19H,3,6-7,10-15H2,1H3/t18-,19+/m0/s1. The summed E-state index contributed by atoms with van der Waals surface area (Å²) in [4.78, 5) is 27.2. The molecule has 2 aromatic rings. The zero-order valence-corrected chi connectivity index (χ0v) is 16.6. The van der Waals surface area contributed by atoms with E-state index in [1.807, 2.05) is 13.0 Å². The van der Waals surface area contributed by atoms with Crippen LogP contribution in [-0.2, 0) is 17.8 Å². The Labute approximate surface area is 166 Å². The lowest BCUT2D eigenvalue weighted by molar-refractivity contribution is -0.133. The first-order valence-electron chi connectivity index (χ1n) is 10.7.